The van der Waals surface area contributed by atoms with Gasteiger partial charge in [-0.25, -0.2) is 5.84 Å². The lowest BCUT2D eigenvalue weighted by Crippen LogP contribution is -2.32. The first kappa shape index (κ1) is 14.1. The average Bonchev–Trinajstić information content (AvgIpc) is 2.99. The summed E-state index contributed by atoms with van der Waals surface area (Å²) >= 11 is 0. The monoisotopic (exact) mass is 287 g/mol. The molecule has 5 heteroatoms. The maximum absolute atomic E-state index is 12.0. The number of hydrogen-bond acceptors (Lipinski definition) is 4. The zero-order chi connectivity index (χ0) is 15.0. The lowest BCUT2D eigenvalue weighted by molar-refractivity contribution is 0.0925. The maximum Gasteiger partial charge on any atom is 0.301 e. The van der Waals surface area contributed by atoms with Crippen LogP contribution in [0.3, 0.4) is 0 Å². The molecule has 1 aliphatic heterocycles. The highest BCUT2D eigenvalue weighted by molar-refractivity contribution is 5.98. The highest BCUT2D eigenvalue weighted by Crippen LogP contribution is 2.30. The van der Waals surface area contributed by atoms with Gasteiger partial charge in [-0.05, 0) is 25.3 Å². The molecule has 2 atom stereocenters. The molecular formula is C16H21N3O2. The SMILES string of the molecule is CC1CC(C)N(Cc2c(C(=O)NN)oc3ccccc23)C1. The van der Waals surface area contributed by atoms with Crippen LogP contribution in [-0.4, -0.2) is 23.4 Å². The first-order chi connectivity index (χ1) is 10.1. The topological polar surface area (TPSA) is 71.5 Å². The number of nitrogens with zero attached hydrogens (tertiary/aromatic N) is 1. The highest BCUT2D eigenvalue weighted by atomic mass is 16.3. The van der Waals surface area contributed by atoms with Crippen molar-refractivity contribution >= 4 is 16.9 Å². The summed E-state index contributed by atoms with van der Waals surface area (Å²) < 4.78 is 5.71. The van der Waals surface area contributed by atoms with Crippen LogP contribution in [0.4, 0.5) is 0 Å². The summed E-state index contributed by atoms with van der Waals surface area (Å²) in [7, 11) is 0. The quantitative estimate of drug-likeness (QED) is 0.516. The van der Waals surface area contributed by atoms with Crippen molar-refractivity contribution in [2.45, 2.75) is 32.9 Å². The third kappa shape index (κ3) is 2.54. The predicted octanol–water partition coefficient (Wildman–Crippen LogP) is 2.27. The Morgan fingerprint density at radius 3 is 2.86 bits per heavy atom. The average molecular weight is 287 g/mol. The molecule has 2 unspecified atom stereocenters. The van der Waals surface area contributed by atoms with E-state index in [1.54, 1.807) is 0 Å². The van der Waals surface area contributed by atoms with Crippen LogP contribution in [0.15, 0.2) is 28.7 Å². The maximum atomic E-state index is 12.0. The van der Waals surface area contributed by atoms with Crippen molar-refractivity contribution in [1.82, 2.24) is 10.3 Å². The second kappa shape index (κ2) is 5.50. The second-order valence-electron chi connectivity index (χ2n) is 6.00. The van der Waals surface area contributed by atoms with Crippen LogP contribution in [0.5, 0.6) is 0 Å². The summed E-state index contributed by atoms with van der Waals surface area (Å²) in [6, 6.07) is 8.25. The van der Waals surface area contributed by atoms with Gasteiger partial charge in [-0.15, -0.1) is 0 Å². The van der Waals surface area contributed by atoms with Gasteiger partial charge >= 0.3 is 5.91 Å². The molecule has 5 nitrogen and oxygen atoms in total. The van der Waals surface area contributed by atoms with Gasteiger partial charge in [0.25, 0.3) is 0 Å². The zero-order valence-corrected chi connectivity index (χ0v) is 12.4. The van der Waals surface area contributed by atoms with Gasteiger partial charge in [-0.1, -0.05) is 25.1 Å². The van der Waals surface area contributed by atoms with Gasteiger partial charge in [0.1, 0.15) is 5.58 Å². The van der Waals surface area contributed by atoms with E-state index in [4.69, 9.17) is 10.3 Å². The van der Waals surface area contributed by atoms with Crippen molar-refractivity contribution in [2.75, 3.05) is 6.54 Å². The Morgan fingerprint density at radius 1 is 1.43 bits per heavy atom. The van der Waals surface area contributed by atoms with Gasteiger partial charge in [0.2, 0.25) is 0 Å². The summed E-state index contributed by atoms with van der Waals surface area (Å²) in [5, 5.41) is 0.989. The molecule has 1 saturated heterocycles. The molecule has 0 bridgehead atoms. The Hall–Kier alpha value is -1.85. The summed E-state index contributed by atoms with van der Waals surface area (Å²) in [5.41, 5.74) is 3.83. The number of rotatable bonds is 3. The van der Waals surface area contributed by atoms with Crippen molar-refractivity contribution in [3.8, 4) is 0 Å². The van der Waals surface area contributed by atoms with E-state index in [0.717, 1.165) is 23.1 Å². The normalized spacial score (nSPS) is 22.8. The molecule has 3 N–H and O–H groups in total. The van der Waals surface area contributed by atoms with Gasteiger partial charge in [0, 0.05) is 30.1 Å². The molecule has 2 heterocycles. The molecule has 1 amide bonds. The van der Waals surface area contributed by atoms with Crippen molar-refractivity contribution in [1.29, 1.82) is 0 Å². The molecule has 0 radical (unpaired) electrons. The van der Waals surface area contributed by atoms with Crippen molar-refractivity contribution in [3.63, 3.8) is 0 Å². The minimum atomic E-state index is -0.374. The van der Waals surface area contributed by atoms with Crippen LogP contribution < -0.4 is 11.3 Å². The van der Waals surface area contributed by atoms with Gasteiger partial charge < -0.3 is 4.42 Å². The first-order valence-corrected chi connectivity index (χ1v) is 7.35. The fraction of sp³-hybridized carbons (Fsp3) is 0.438. The number of carbonyl (C=O) groups excluding carboxylic acids is 1. The lowest BCUT2D eigenvalue weighted by Gasteiger charge is -2.20. The second-order valence-corrected chi connectivity index (χ2v) is 6.00. The number of nitrogens with two attached hydrogens (primary N) is 1. The van der Waals surface area contributed by atoms with E-state index in [-0.39, 0.29) is 5.91 Å². The molecule has 1 aromatic carbocycles. The fourth-order valence-corrected chi connectivity index (χ4v) is 3.31. The molecule has 0 saturated carbocycles. The minimum Gasteiger partial charge on any atom is -0.451 e. The standard InChI is InChI=1S/C16H21N3O2/c1-10-7-11(2)19(8-10)9-13-12-5-3-4-6-14(12)21-15(13)16(20)18-17/h3-6,10-11H,7-9,17H2,1-2H3,(H,18,20). The Labute approximate surface area is 124 Å². The number of fused-ring (bicyclic) bond motifs is 1. The van der Waals surface area contributed by atoms with Gasteiger partial charge in [-0.2, -0.15) is 0 Å². The smallest absolute Gasteiger partial charge is 0.301 e. The number of para-hydroxylation sites is 1. The van der Waals surface area contributed by atoms with Crippen LogP contribution >= 0.6 is 0 Å². The van der Waals surface area contributed by atoms with E-state index in [0.29, 0.717) is 24.3 Å². The van der Waals surface area contributed by atoms with E-state index in [2.05, 4.69) is 24.2 Å². The van der Waals surface area contributed by atoms with Gasteiger partial charge in [0.05, 0.1) is 0 Å². The number of carbonyl (C=O) groups is 1. The van der Waals surface area contributed by atoms with Crippen molar-refractivity contribution in [3.05, 3.63) is 35.6 Å². The summed E-state index contributed by atoms with van der Waals surface area (Å²) in [6.07, 6.45) is 1.19. The Kier molecular flexibility index (Phi) is 3.69. The predicted molar refractivity (Wildman–Crippen MR) is 81.5 cm³/mol. The van der Waals surface area contributed by atoms with E-state index in [9.17, 15) is 4.79 Å². The molecule has 0 aliphatic carbocycles. The number of nitrogen functional groups attached to an aromatic ring is 1. The summed E-state index contributed by atoms with van der Waals surface area (Å²) in [5.74, 6) is 5.91. The van der Waals surface area contributed by atoms with Gasteiger partial charge in [-0.3, -0.25) is 15.1 Å². The first-order valence-electron chi connectivity index (χ1n) is 7.35. The van der Waals surface area contributed by atoms with Crippen LogP contribution in [0.2, 0.25) is 0 Å². The lowest BCUT2D eigenvalue weighted by atomic mass is 10.1. The van der Waals surface area contributed by atoms with Crippen LogP contribution in [0.1, 0.15) is 36.4 Å². The molecular weight excluding hydrogens is 266 g/mol. The fourth-order valence-electron chi connectivity index (χ4n) is 3.31. The molecule has 2 aromatic rings. The number of benzene rings is 1. The van der Waals surface area contributed by atoms with E-state index >= 15 is 0 Å². The van der Waals surface area contributed by atoms with Crippen molar-refractivity contribution < 1.29 is 9.21 Å². The third-order valence-electron chi connectivity index (χ3n) is 4.31. The van der Waals surface area contributed by atoms with Crippen LogP contribution in [0, 0.1) is 5.92 Å². The molecule has 3 rings (SSSR count). The van der Waals surface area contributed by atoms with Gasteiger partial charge in [0.15, 0.2) is 5.76 Å². The molecule has 1 aliphatic rings. The van der Waals surface area contributed by atoms with E-state index in [1.165, 1.54) is 6.42 Å². The Balaban J connectivity index is 2.01. The number of nitrogens with one attached hydrogen (secondary N) is 1. The summed E-state index contributed by atoms with van der Waals surface area (Å²) in [4.78, 5) is 14.4. The number of furan rings is 1. The van der Waals surface area contributed by atoms with Crippen molar-refractivity contribution in [2.24, 2.45) is 11.8 Å². The molecule has 21 heavy (non-hydrogen) atoms. The van der Waals surface area contributed by atoms with E-state index in [1.807, 2.05) is 24.3 Å². The Bertz CT molecular complexity index is 665. The number of amides is 1. The number of likely N-dealkylation sites (tertiary alicyclic amines) is 1. The largest absolute Gasteiger partial charge is 0.451 e. The number of hydrazine groups is 1. The summed E-state index contributed by atoms with van der Waals surface area (Å²) in [6.45, 7) is 6.25. The highest BCUT2D eigenvalue weighted by Gasteiger charge is 2.29. The Morgan fingerprint density at radius 2 is 2.19 bits per heavy atom. The zero-order valence-electron chi connectivity index (χ0n) is 12.4. The molecule has 1 fully saturated rings. The molecule has 112 valence electrons. The van der Waals surface area contributed by atoms with Crippen LogP contribution in [-0.2, 0) is 6.54 Å². The minimum absolute atomic E-state index is 0.324. The van der Waals surface area contributed by atoms with Crippen LogP contribution in [0.25, 0.3) is 11.0 Å². The number of hydrogen-bond donors (Lipinski definition) is 2. The van der Waals surface area contributed by atoms with E-state index < -0.39 is 0 Å². The molecule has 1 aromatic heterocycles. The molecule has 0 spiro atoms. The third-order valence-corrected chi connectivity index (χ3v) is 4.31.